The van der Waals surface area contributed by atoms with Crippen molar-refractivity contribution >= 4 is 11.6 Å². The maximum atomic E-state index is 12.4. The monoisotopic (exact) mass is 316 g/mol. The minimum Gasteiger partial charge on any atom is -0.484 e. The standard InChI is InChI=1S/C16H16N2O5/c19-16(11-23-14-4-1-3-13(9-14)18(20)21)17(12-6-7-12)10-15-5-2-8-22-15/h1-5,8-9,12H,6-7,10-11H2. The van der Waals surface area contributed by atoms with Gasteiger partial charge in [0.1, 0.15) is 11.5 Å². The van der Waals surface area contributed by atoms with Crippen molar-refractivity contribution in [3.8, 4) is 5.75 Å². The van der Waals surface area contributed by atoms with Gasteiger partial charge in [-0.1, -0.05) is 6.07 Å². The summed E-state index contributed by atoms with van der Waals surface area (Å²) in [6, 6.07) is 9.63. The summed E-state index contributed by atoms with van der Waals surface area (Å²) in [4.78, 5) is 24.3. The second-order valence-electron chi connectivity index (χ2n) is 5.38. The Labute approximate surface area is 132 Å². The molecule has 0 aliphatic heterocycles. The lowest BCUT2D eigenvalue weighted by Crippen LogP contribution is -2.36. The predicted molar refractivity (Wildman–Crippen MR) is 80.9 cm³/mol. The Kier molecular flexibility index (Phi) is 4.27. The van der Waals surface area contributed by atoms with E-state index in [0.717, 1.165) is 18.6 Å². The summed E-state index contributed by atoms with van der Waals surface area (Å²) in [5, 5.41) is 10.7. The molecule has 1 aromatic heterocycles. The molecular formula is C16H16N2O5. The number of benzene rings is 1. The van der Waals surface area contributed by atoms with Crippen molar-refractivity contribution in [2.45, 2.75) is 25.4 Å². The molecule has 1 saturated carbocycles. The average Bonchev–Trinajstić information content (AvgIpc) is 3.26. The summed E-state index contributed by atoms with van der Waals surface area (Å²) >= 11 is 0. The summed E-state index contributed by atoms with van der Waals surface area (Å²) in [5.41, 5.74) is -0.0652. The van der Waals surface area contributed by atoms with Gasteiger partial charge >= 0.3 is 0 Å². The van der Waals surface area contributed by atoms with E-state index in [1.165, 1.54) is 18.2 Å². The number of nitro benzene ring substituents is 1. The fourth-order valence-electron chi connectivity index (χ4n) is 2.29. The Hall–Kier alpha value is -2.83. The van der Waals surface area contributed by atoms with Gasteiger partial charge in [-0.3, -0.25) is 14.9 Å². The number of nitro groups is 1. The van der Waals surface area contributed by atoms with Gasteiger partial charge in [-0.25, -0.2) is 0 Å². The first-order chi connectivity index (χ1) is 11.1. The zero-order valence-corrected chi connectivity index (χ0v) is 12.4. The summed E-state index contributed by atoms with van der Waals surface area (Å²) < 4.78 is 10.7. The van der Waals surface area contributed by atoms with Gasteiger partial charge < -0.3 is 14.1 Å². The van der Waals surface area contributed by atoms with Crippen LogP contribution in [0.2, 0.25) is 0 Å². The fourth-order valence-corrected chi connectivity index (χ4v) is 2.29. The minimum atomic E-state index is -0.498. The van der Waals surface area contributed by atoms with Crippen LogP contribution in [0, 0.1) is 10.1 Å². The Balaban J connectivity index is 1.61. The van der Waals surface area contributed by atoms with Gasteiger partial charge in [0.2, 0.25) is 0 Å². The third-order valence-electron chi connectivity index (χ3n) is 3.61. The first-order valence-corrected chi connectivity index (χ1v) is 7.32. The van der Waals surface area contributed by atoms with Gasteiger partial charge in [-0.2, -0.15) is 0 Å². The molecule has 0 bridgehead atoms. The zero-order chi connectivity index (χ0) is 16.2. The zero-order valence-electron chi connectivity index (χ0n) is 12.4. The second-order valence-corrected chi connectivity index (χ2v) is 5.38. The van der Waals surface area contributed by atoms with Crippen LogP contribution in [0.3, 0.4) is 0 Å². The molecule has 23 heavy (non-hydrogen) atoms. The number of non-ortho nitro benzene ring substituents is 1. The molecule has 1 heterocycles. The van der Waals surface area contributed by atoms with Crippen molar-refractivity contribution in [1.82, 2.24) is 4.90 Å². The average molecular weight is 316 g/mol. The topological polar surface area (TPSA) is 85.8 Å². The molecule has 1 aliphatic rings. The third kappa shape index (κ3) is 3.88. The van der Waals surface area contributed by atoms with Crippen molar-refractivity contribution in [3.05, 3.63) is 58.5 Å². The lowest BCUT2D eigenvalue weighted by molar-refractivity contribution is -0.384. The Morgan fingerprint density at radius 2 is 2.17 bits per heavy atom. The van der Waals surface area contributed by atoms with Crippen LogP contribution in [-0.4, -0.2) is 28.4 Å². The molecule has 0 atom stereocenters. The summed E-state index contributed by atoms with van der Waals surface area (Å²) in [6.07, 6.45) is 3.52. The van der Waals surface area contributed by atoms with Crippen LogP contribution in [0.15, 0.2) is 47.1 Å². The molecule has 0 saturated heterocycles. The van der Waals surface area contributed by atoms with Crippen LogP contribution in [-0.2, 0) is 11.3 Å². The molecule has 7 heteroatoms. The molecule has 0 N–H and O–H groups in total. The normalized spacial score (nSPS) is 13.6. The lowest BCUT2D eigenvalue weighted by Gasteiger charge is -2.21. The summed E-state index contributed by atoms with van der Waals surface area (Å²) in [7, 11) is 0. The van der Waals surface area contributed by atoms with Gasteiger partial charge in [0.25, 0.3) is 11.6 Å². The van der Waals surface area contributed by atoms with Crippen molar-refractivity contribution in [1.29, 1.82) is 0 Å². The number of ether oxygens (including phenoxy) is 1. The van der Waals surface area contributed by atoms with Crippen LogP contribution in [0.5, 0.6) is 5.75 Å². The number of carbonyl (C=O) groups excluding carboxylic acids is 1. The van der Waals surface area contributed by atoms with E-state index in [1.807, 2.05) is 6.07 Å². The molecule has 7 nitrogen and oxygen atoms in total. The van der Waals surface area contributed by atoms with E-state index in [4.69, 9.17) is 9.15 Å². The van der Waals surface area contributed by atoms with E-state index in [-0.39, 0.29) is 24.2 Å². The Morgan fingerprint density at radius 1 is 1.35 bits per heavy atom. The molecule has 0 radical (unpaired) electrons. The highest BCUT2D eigenvalue weighted by atomic mass is 16.6. The quantitative estimate of drug-likeness (QED) is 0.579. The van der Waals surface area contributed by atoms with E-state index in [0.29, 0.717) is 12.3 Å². The highest BCUT2D eigenvalue weighted by Crippen LogP contribution is 2.29. The molecule has 120 valence electrons. The molecule has 2 aromatic rings. The molecule has 1 aromatic carbocycles. The number of nitrogens with zero attached hydrogens (tertiary/aromatic N) is 2. The molecule has 3 rings (SSSR count). The van der Waals surface area contributed by atoms with Crippen LogP contribution < -0.4 is 4.74 Å². The molecular weight excluding hydrogens is 300 g/mol. The Morgan fingerprint density at radius 3 is 2.83 bits per heavy atom. The molecule has 1 fully saturated rings. The number of rotatable bonds is 7. The smallest absolute Gasteiger partial charge is 0.273 e. The van der Waals surface area contributed by atoms with E-state index in [9.17, 15) is 14.9 Å². The van der Waals surface area contributed by atoms with Gasteiger partial charge in [-0.15, -0.1) is 0 Å². The van der Waals surface area contributed by atoms with Crippen molar-refractivity contribution in [2.24, 2.45) is 0 Å². The SMILES string of the molecule is O=C(COc1cccc([N+](=O)[O-])c1)N(Cc1ccco1)C1CC1. The maximum Gasteiger partial charge on any atom is 0.273 e. The largest absolute Gasteiger partial charge is 0.484 e. The van der Waals surface area contributed by atoms with Gasteiger partial charge in [0.05, 0.1) is 23.8 Å². The number of hydrogen-bond donors (Lipinski definition) is 0. The maximum absolute atomic E-state index is 12.4. The summed E-state index contributed by atoms with van der Waals surface area (Å²) in [5.74, 6) is 0.873. The lowest BCUT2D eigenvalue weighted by atomic mass is 10.3. The molecule has 0 unspecified atom stereocenters. The first kappa shape index (κ1) is 15.1. The number of amides is 1. The highest BCUT2D eigenvalue weighted by Gasteiger charge is 2.33. The number of furan rings is 1. The number of hydrogen-bond acceptors (Lipinski definition) is 5. The first-order valence-electron chi connectivity index (χ1n) is 7.32. The van der Waals surface area contributed by atoms with E-state index in [2.05, 4.69) is 0 Å². The van der Waals surface area contributed by atoms with Crippen LogP contribution in [0.1, 0.15) is 18.6 Å². The molecule has 1 aliphatic carbocycles. The van der Waals surface area contributed by atoms with Crippen molar-refractivity contribution in [2.75, 3.05) is 6.61 Å². The molecule has 1 amide bonds. The van der Waals surface area contributed by atoms with E-state index in [1.54, 1.807) is 23.3 Å². The molecule has 0 spiro atoms. The van der Waals surface area contributed by atoms with Crippen molar-refractivity contribution in [3.63, 3.8) is 0 Å². The van der Waals surface area contributed by atoms with Gasteiger partial charge in [0.15, 0.2) is 6.61 Å². The highest BCUT2D eigenvalue weighted by molar-refractivity contribution is 5.78. The van der Waals surface area contributed by atoms with Gasteiger partial charge in [-0.05, 0) is 31.0 Å². The minimum absolute atomic E-state index is 0.0652. The van der Waals surface area contributed by atoms with Crippen molar-refractivity contribution < 1.29 is 18.9 Å². The van der Waals surface area contributed by atoms with Gasteiger partial charge in [0, 0.05) is 12.1 Å². The second kappa shape index (κ2) is 6.51. The van der Waals surface area contributed by atoms with E-state index >= 15 is 0 Å². The Bertz CT molecular complexity index is 694. The van der Waals surface area contributed by atoms with E-state index < -0.39 is 4.92 Å². The predicted octanol–water partition coefficient (Wildman–Crippen LogP) is 2.76. The van der Waals surface area contributed by atoms with Crippen LogP contribution in [0.4, 0.5) is 5.69 Å². The number of carbonyl (C=O) groups is 1. The van der Waals surface area contributed by atoms with Crippen LogP contribution >= 0.6 is 0 Å². The van der Waals surface area contributed by atoms with Crippen LogP contribution in [0.25, 0.3) is 0 Å². The fraction of sp³-hybridized carbons (Fsp3) is 0.312. The summed E-state index contributed by atoms with van der Waals surface area (Å²) in [6.45, 7) is 0.257. The third-order valence-corrected chi connectivity index (χ3v) is 3.61.